The van der Waals surface area contributed by atoms with Crippen LogP contribution in [0, 0.1) is 10.1 Å². The van der Waals surface area contributed by atoms with Crippen LogP contribution in [0.1, 0.15) is 12.5 Å². The van der Waals surface area contributed by atoms with Crippen molar-refractivity contribution >= 4 is 29.3 Å². The molecule has 9 nitrogen and oxygen atoms in total. The molecular weight excluding hydrogens is 380 g/mol. The number of nitro benzene ring substituents is 1. The van der Waals surface area contributed by atoms with Crippen LogP contribution in [0.25, 0.3) is 6.08 Å². The number of para-hydroxylation sites is 1. The number of rotatable bonds is 6. The number of esters is 1. The van der Waals surface area contributed by atoms with Gasteiger partial charge in [-0.05, 0) is 25.1 Å². The molecule has 0 saturated heterocycles. The molecule has 0 aliphatic carbocycles. The zero-order chi connectivity index (χ0) is 21.0. The van der Waals surface area contributed by atoms with Crippen molar-refractivity contribution in [3.8, 4) is 11.5 Å². The van der Waals surface area contributed by atoms with Gasteiger partial charge in [0, 0.05) is 17.7 Å². The first kappa shape index (κ1) is 19.9. The molecule has 2 aromatic rings. The number of methoxy groups -OCH3 is 1. The van der Waals surface area contributed by atoms with Crippen molar-refractivity contribution in [3.05, 3.63) is 63.7 Å². The van der Waals surface area contributed by atoms with E-state index in [0.29, 0.717) is 5.75 Å². The number of amides is 1. The maximum absolute atomic E-state index is 12.4. The number of nitrogens with zero attached hydrogens (tertiary/aromatic N) is 1. The van der Waals surface area contributed by atoms with E-state index in [0.717, 1.165) is 5.56 Å². The lowest BCUT2D eigenvalue weighted by Crippen LogP contribution is -2.31. The largest absolute Gasteiger partial charge is 0.495 e. The Bertz CT molecular complexity index is 1000. The Labute approximate surface area is 166 Å². The summed E-state index contributed by atoms with van der Waals surface area (Å²) in [6.45, 7) is 1.43. The molecule has 0 aromatic heterocycles. The Morgan fingerprint density at radius 1 is 1.24 bits per heavy atom. The minimum atomic E-state index is -1.15. The lowest BCUT2D eigenvalue weighted by molar-refractivity contribution is -0.384. The number of anilines is 1. The fourth-order valence-corrected chi connectivity index (χ4v) is 2.67. The number of carbonyl (C=O) groups excluding carboxylic acids is 2. The van der Waals surface area contributed by atoms with Crippen LogP contribution in [0.15, 0.2) is 48.0 Å². The summed E-state index contributed by atoms with van der Waals surface area (Å²) in [5.41, 5.74) is 0.901. The van der Waals surface area contributed by atoms with Gasteiger partial charge in [0.1, 0.15) is 18.1 Å². The molecule has 1 aliphatic heterocycles. The minimum absolute atomic E-state index is 0.0306. The van der Waals surface area contributed by atoms with Gasteiger partial charge in [0.05, 0.1) is 23.3 Å². The van der Waals surface area contributed by atoms with Crippen molar-refractivity contribution in [2.45, 2.75) is 13.0 Å². The normalized spacial score (nSPS) is 13.2. The number of nitrogens with one attached hydrogen (secondary N) is 1. The lowest BCUT2D eigenvalue weighted by atomic mass is 10.1. The van der Waals surface area contributed by atoms with E-state index in [1.54, 1.807) is 18.2 Å². The molecule has 1 atom stereocenters. The summed E-state index contributed by atoms with van der Waals surface area (Å²) in [5, 5.41) is 13.4. The Hall–Kier alpha value is -3.88. The number of nitro groups is 1. The molecule has 0 fully saturated rings. The van der Waals surface area contributed by atoms with Crippen molar-refractivity contribution in [1.29, 1.82) is 0 Å². The van der Waals surface area contributed by atoms with E-state index in [1.807, 2.05) is 12.1 Å². The fraction of sp³-hybridized carbons (Fsp3) is 0.200. The number of non-ortho nitro benzene ring substituents is 1. The first-order valence-corrected chi connectivity index (χ1v) is 8.65. The highest BCUT2D eigenvalue weighted by Gasteiger charge is 2.24. The third-order valence-corrected chi connectivity index (χ3v) is 4.20. The molecule has 1 amide bonds. The first-order chi connectivity index (χ1) is 13.9. The molecule has 9 heteroatoms. The molecule has 2 aromatic carbocycles. The second-order valence-corrected chi connectivity index (χ2v) is 6.17. The molecule has 1 N–H and O–H groups in total. The molecule has 0 spiro atoms. The smallest absolute Gasteiger partial charge is 0.338 e. The Balaban J connectivity index is 1.68. The summed E-state index contributed by atoms with van der Waals surface area (Å²) in [7, 11) is 1.37. The highest BCUT2D eigenvalue weighted by molar-refractivity contribution is 6.00. The van der Waals surface area contributed by atoms with Crippen LogP contribution in [0.4, 0.5) is 11.4 Å². The minimum Gasteiger partial charge on any atom is -0.495 e. The SMILES string of the molecule is COc1ccc([N+](=O)[O-])cc1NC(=O)[C@@H](C)OC(=O)C1=Cc2ccccc2OC1. The van der Waals surface area contributed by atoms with Crippen LogP contribution in [0.5, 0.6) is 11.5 Å². The van der Waals surface area contributed by atoms with E-state index in [4.69, 9.17) is 14.2 Å². The quantitative estimate of drug-likeness (QED) is 0.452. The van der Waals surface area contributed by atoms with Crippen LogP contribution < -0.4 is 14.8 Å². The number of carbonyl (C=O) groups is 2. The second-order valence-electron chi connectivity index (χ2n) is 6.17. The molecule has 29 heavy (non-hydrogen) atoms. The zero-order valence-electron chi connectivity index (χ0n) is 15.7. The summed E-state index contributed by atoms with van der Waals surface area (Å²) < 4.78 is 15.8. The maximum atomic E-state index is 12.4. The van der Waals surface area contributed by atoms with Gasteiger partial charge in [-0.3, -0.25) is 14.9 Å². The highest BCUT2D eigenvalue weighted by atomic mass is 16.6. The van der Waals surface area contributed by atoms with E-state index in [9.17, 15) is 19.7 Å². The van der Waals surface area contributed by atoms with E-state index in [1.165, 1.54) is 32.2 Å². The van der Waals surface area contributed by atoms with E-state index >= 15 is 0 Å². The van der Waals surface area contributed by atoms with Crippen LogP contribution in [0.3, 0.4) is 0 Å². The van der Waals surface area contributed by atoms with Gasteiger partial charge >= 0.3 is 5.97 Å². The lowest BCUT2D eigenvalue weighted by Gasteiger charge is -2.19. The zero-order valence-corrected chi connectivity index (χ0v) is 15.7. The Morgan fingerprint density at radius 3 is 2.72 bits per heavy atom. The number of hydrogen-bond acceptors (Lipinski definition) is 7. The molecule has 0 radical (unpaired) electrons. The standard InChI is InChI=1S/C20H18N2O7/c1-12(19(23)21-16-10-15(22(25)26)7-8-18(16)27-2)29-20(24)14-9-13-5-3-4-6-17(13)28-11-14/h3-10,12H,11H2,1-2H3,(H,21,23)/t12-/m1/s1. The average Bonchev–Trinajstić information content (AvgIpc) is 2.73. The average molecular weight is 398 g/mol. The summed E-state index contributed by atoms with van der Waals surface area (Å²) in [5.74, 6) is -0.446. The summed E-state index contributed by atoms with van der Waals surface area (Å²) in [6, 6.07) is 11.0. The first-order valence-electron chi connectivity index (χ1n) is 8.65. The molecule has 0 saturated carbocycles. The van der Waals surface area contributed by atoms with Gasteiger partial charge < -0.3 is 19.5 Å². The molecule has 150 valence electrons. The van der Waals surface area contributed by atoms with Crippen molar-refractivity contribution in [1.82, 2.24) is 0 Å². The van der Waals surface area contributed by atoms with E-state index in [2.05, 4.69) is 5.32 Å². The molecular formula is C20H18N2O7. The van der Waals surface area contributed by atoms with Crippen molar-refractivity contribution < 1.29 is 28.7 Å². The fourth-order valence-electron chi connectivity index (χ4n) is 2.67. The van der Waals surface area contributed by atoms with Gasteiger partial charge in [0.2, 0.25) is 0 Å². The van der Waals surface area contributed by atoms with Crippen molar-refractivity contribution in [3.63, 3.8) is 0 Å². The van der Waals surface area contributed by atoms with Gasteiger partial charge in [-0.25, -0.2) is 4.79 Å². The molecule has 1 heterocycles. The number of benzene rings is 2. The summed E-state index contributed by atoms with van der Waals surface area (Å²) >= 11 is 0. The number of hydrogen-bond donors (Lipinski definition) is 1. The second kappa shape index (κ2) is 8.42. The Morgan fingerprint density at radius 2 is 2.00 bits per heavy atom. The van der Waals surface area contributed by atoms with Crippen LogP contribution >= 0.6 is 0 Å². The van der Waals surface area contributed by atoms with Gasteiger partial charge in [-0.1, -0.05) is 18.2 Å². The van der Waals surface area contributed by atoms with Crippen LogP contribution in [-0.2, 0) is 14.3 Å². The molecule has 1 aliphatic rings. The Kier molecular flexibility index (Phi) is 5.77. The molecule has 0 bridgehead atoms. The van der Waals surface area contributed by atoms with Gasteiger partial charge in [0.15, 0.2) is 6.10 Å². The number of ether oxygens (including phenoxy) is 3. The summed E-state index contributed by atoms with van der Waals surface area (Å²) in [6.07, 6.45) is 0.500. The summed E-state index contributed by atoms with van der Waals surface area (Å²) in [4.78, 5) is 35.1. The maximum Gasteiger partial charge on any atom is 0.338 e. The predicted octanol–water partition coefficient (Wildman–Crippen LogP) is 2.95. The third-order valence-electron chi connectivity index (χ3n) is 4.20. The van der Waals surface area contributed by atoms with Gasteiger partial charge in [-0.15, -0.1) is 0 Å². The van der Waals surface area contributed by atoms with Crippen LogP contribution in [-0.4, -0.2) is 36.6 Å². The van der Waals surface area contributed by atoms with E-state index in [-0.39, 0.29) is 29.3 Å². The third kappa shape index (κ3) is 4.52. The monoisotopic (exact) mass is 398 g/mol. The van der Waals surface area contributed by atoms with Crippen molar-refractivity contribution in [2.75, 3.05) is 19.0 Å². The number of fused-ring (bicyclic) bond motifs is 1. The topological polar surface area (TPSA) is 117 Å². The molecule has 0 unspecified atom stereocenters. The van der Waals surface area contributed by atoms with Gasteiger partial charge in [0.25, 0.3) is 11.6 Å². The predicted molar refractivity (Wildman–Crippen MR) is 104 cm³/mol. The van der Waals surface area contributed by atoms with Gasteiger partial charge in [-0.2, -0.15) is 0 Å². The van der Waals surface area contributed by atoms with E-state index < -0.39 is 22.9 Å². The van der Waals surface area contributed by atoms with Crippen molar-refractivity contribution in [2.24, 2.45) is 0 Å². The molecule has 3 rings (SSSR count). The highest BCUT2D eigenvalue weighted by Crippen LogP contribution is 2.29. The van der Waals surface area contributed by atoms with Crippen LogP contribution in [0.2, 0.25) is 0 Å².